The molecular weight excluding hydrogens is 270 g/mol. The maximum atomic E-state index is 13.2. The van der Waals surface area contributed by atoms with E-state index in [0.717, 1.165) is 6.07 Å². The standard InChI is InChI=1S/C11H11F4NO3/c1-7(10(17)16-18-6-11(13,14)15)19-9-5-3-2-4-8(9)12/h2-5,7H,6H2,1H3,(H,16,17). The Kier molecular flexibility index (Phi) is 5.11. The van der Waals surface area contributed by atoms with Crippen molar-refractivity contribution < 1.29 is 31.9 Å². The molecule has 0 saturated heterocycles. The zero-order valence-corrected chi connectivity index (χ0v) is 9.83. The van der Waals surface area contributed by atoms with E-state index >= 15 is 0 Å². The number of hydrogen-bond donors (Lipinski definition) is 1. The number of carbonyl (C=O) groups excluding carboxylic acids is 1. The minimum atomic E-state index is -4.55. The van der Waals surface area contributed by atoms with E-state index < -0.39 is 30.6 Å². The molecule has 1 N–H and O–H groups in total. The van der Waals surface area contributed by atoms with E-state index in [0.29, 0.717) is 0 Å². The summed E-state index contributed by atoms with van der Waals surface area (Å²) in [6, 6.07) is 5.33. The van der Waals surface area contributed by atoms with Crippen LogP contribution >= 0.6 is 0 Å². The molecule has 0 aliphatic carbocycles. The number of benzene rings is 1. The van der Waals surface area contributed by atoms with Crippen molar-refractivity contribution in [1.82, 2.24) is 5.48 Å². The van der Waals surface area contributed by atoms with Crippen LogP contribution in [-0.2, 0) is 9.63 Å². The molecule has 0 aromatic heterocycles. The minimum Gasteiger partial charge on any atom is -0.478 e. The molecule has 0 spiro atoms. The van der Waals surface area contributed by atoms with Crippen LogP contribution in [0.25, 0.3) is 0 Å². The monoisotopic (exact) mass is 281 g/mol. The summed E-state index contributed by atoms with van der Waals surface area (Å²) in [6.45, 7) is -0.371. The highest BCUT2D eigenvalue weighted by Crippen LogP contribution is 2.17. The summed E-state index contributed by atoms with van der Waals surface area (Å²) in [4.78, 5) is 15.2. The molecule has 0 saturated carbocycles. The minimum absolute atomic E-state index is 0.180. The third kappa shape index (κ3) is 5.56. The maximum Gasteiger partial charge on any atom is 0.414 e. The first-order valence-electron chi connectivity index (χ1n) is 5.19. The zero-order chi connectivity index (χ0) is 14.5. The van der Waals surface area contributed by atoms with Gasteiger partial charge in [-0.25, -0.2) is 9.87 Å². The Hall–Kier alpha value is -1.83. The maximum absolute atomic E-state index is 13.2. The van der Waals surface area contributed by atoms with Crippen molar-refractivity contribution >= 4 is 5.91 Å². The lowest BCUT2D eigenvalue weighted by Gasteiger charge is -2.15. The van der Waals surface area contributed by atoms with Crippen LogP contribution in [0.1, 0.15) is 6.92 Å². The molecule has 4 nitrogen and oxygen atoms in total. The summed E-state index contributed by atoms with van der Waals surface area (Å²) < 4.78 is 53.4. The molecule has 0 heterocycles. The summed E-state index contributed by atoms with van der Waals surface area (Å²) in [5.74, 6) is -1.81. The van der Waals surface area contributed by atoms with Gasteiger partial charge in [-0.3, -0.25) is 9.63 Å². The third-order valence-electron chi connectivity index (χ3n) is 1.92. The molecule has 1 unspecified atom stereocenters. The number of amides is 1. The molecule has 0 bridgehead atoms. The fourth-order valence-electron chi connectivity index (χ4n) is 1.06. The van der Waals surface area contributed by atoms with Gasteiger partial charge in [-0.15, -0.1) is 0 Å². The number of halogens is 4. The Morgan fingerprint density at radius 2 is 2.00 bits per heavy atom. The average Bonchev–Trinajstić information content (AvgIpc) is 2.30. The molecular formula is C11H11F4NO3. The van der Waals surface area contributed by atoms with Crippen LogP contribution < -0.4 is 10.2 Å². The summed E-state index contributed by atoms with van der Waals surface area (Å²) >= 11 is 0. The Bertz CT molecular complexity index is 436. The fraction of sp³-hybridized carbons (Fsp3) is 0.364. The van der Waals surface area contributed by atoms with Crippen molar-refractivity contribution in [3.8, 4) is 5.75 Å². The highest BCUT2D eigenvalue weighted by molar-refractivity contribution is 5.79. The molecule has 0 radical (unpaired) electrons. The number of alkyl halides is 3. The first-order chi connectivity index (χ1) is 8.79. The predicted octanol–water partition coefficient (Wildman–Crippen LogP) is 2.20. The smallest absolute Gasteiger partial charge is 0.414 e. The van der Waals surface area contributed by atoms with Crippen LogP contribution in [-0.4, -0.2) is 24.8 Å². The van der Waals surface area contributed by atoms with Crippen molar-refractivity contribution in [2.24, 2.45) is 0 Å². The van der Waals surface area contributed by atoms with E-state index in [1.54, 1.807) is 5.48 Å². The van der Waals surface area contributed by atoms with Gasteiger partial charge in [-0.2, -0.15) is 13.2 Å². The van der Waals surface area contributed by atoms with Gasteiger partial charge in [0.1, 0.15) is 0 Å². The summed E-state index contributed by atoms with van der Waals surface area (Å²) in [6.07, 6.45) is -5.76. The van der Waals surface area contributed by atoms with Crippen LogP contribution in [0, 0.1) is 5.82 Å². The van der Waals surface area contributed by atoms with Crippen LogP contribution in [0.2, 0.25) is 0 Å². The van der Waals surface area contributed by atoms with Crippen molar-refractivity contribution in [2.75, 3.05) is 6.61 Å². The molecule has 106 valence electrons. The largest absolute Gasteiger partial charge is 0.478 e. The van der Waals surface area contributed by atoms with Crippen LogP contribution in [0.15, 0.2) is 24.3 Å². The van der Waals surface area contributed by atoms with Gasteiger partial charge in [0.15, 0.2) is 24.3 Å². The molecule has 0 aliphatic rings. The molecule has 1 atom stereocenters. The topological polar surface area (TPSA) is 47.6 Å². The number of hydroxylamine groups is 1. The Labute approximate surface area is 106 Å². The highest BCUT2D eigenvalue weighted by Gasteiger charge is 2.28. The molecule has 1 amide bonds. The molecule has 0 fully saturated rings. The van der Waals surface area contributed by atoms with Crippen molar-refractivity contribution in [3.63, 3.8) is 0 Å². The second-order valence-corrected chi connectivity index (χ2v) is 3.56. The molecule has 1 aromatic carbocycles. The van der Waals surface area contributed by atoms with Gasteiger partial charge in [0.05, 0.1) is 0 Å². The number of nitrogens with one attached hydrogen (secondary N) is 1. The van der Waals surface area contributed by atoms with E-state index in [1.165, 1.54) is 25.1 Å². The van der Waals surface area contributed by atoms with Crippen molar-refractivity contribution in [3.05, 3.63) is 30.1 Å². The lowest BCUT2D eigenvalue weighted by molar-refractivity contribution is -0.193. The van der Waals surface area contributed by atoms with Crippen LogP contribution in [0.5, 0.6) is 5.75 Å². The summed E-state index contributed by atoms with van der Waals surface area (Å²) in [5.41, 5.74) is 1.57. The van der Waals surface area contributed by atoms with Gasteiger partial charge in [-0.05, 0) is 19.1 Å². The summed E-state index contributed by atoms with van der Waals surface area (Å²) in [7, 11) is 0. The molecule has 0 aliphatic heterocycles. The lowest BCUT2D eigenvalue weighted by atomic mass is 10.3. The third-order valence-corrected chi connectivity index (χ3v) is 1.92. The highest BCUT2D eigenvalue weighted by atomic mass is 19.4. The Morgan fingerprint density at radius 1 is 1.37 bits per heavy atom. The van der Waals surface area contributed by atoms with E-state index in [2.05, 4.69) is 4.84 Å². The molecule has 1 rings (SSSR count). The number of para-hydroxylation sites is 1. The second-order valence-electron chi connectivity index (χ2n) is 3.56. The average molecular weight is 281 g/mol. The Morgan fingerprint density at radius 3 is 2.58 bits per heavy atom. The predicted molar refractivity (Wildman–Crippen MR) is 56.6 cm³/mol. The molecule has 8 heteroatoms. The lowest BCUT2D eigenvalue weighted by Crippen LogP contribution is -2.38. The van der Waals surface area contributed by atoms with Crippen LogP contribution in [0.3, 0.4) is 0 Å². The van der Waals surface area contributed by atoms with Crippen LogP contribution in [0.4, 0.5) is 17.6 Å². The van der Waals surface area contributed by atoms with Gasteiger partial charge in [0, 0.05) is 0 Å². The normalized spacial score (nSPS) is 12.9. The second kappa shape index (κ2) is 6.37. The fourth-order valence-corrected chi connectivity index (χ4v) is 1.06. The van der Waals surface area contributed by atoms with Gasteiger partial charge in [0.25, 0.3) is 5.91 Å². The number of ether oxygens (including phenoxy) is 1. The first kappa shape index (κ1) is 15.2. The van der Waals surface area contributed by atoms with Gasteiger partial charge in [-0.1, -0.05) is 12.1 Å². The number of rotatable bonds is 5. The molecule has 19 heavy (non-hydrogen) atoms. The first-order valence-corrected chi connectivity index (χ1v) is 5.19. The van der Waals surface area contributed by atoms with Crippen molar-refractivity contribution in [1.29, 1.82) is 0 Å². The molecule has 1 aromatic rings. The zero-order valence-electron chi connectivity index (χ0n) is 9.83. The van der Waals surface area contributed by atoms with Gasteiger partial charge >= 0.3 is 6.18 Å². The summed E-state index contributed by atoms with van der Waals surface area (Å²) in [5, 5.41) is 0. The van der Waals surface area contributed by atoms with Gasteiger partial charge < -0.3 is 4.74 Å². The number of hydrogen-bond acceptors (Lipinski definition) is 3. The van der Waals surface area contributed by atoms with Crippen molar-refractivity contribution in [2.45, 2.75) is 19.2 Å². The van der Waals surface area contributed by atoms with E-state index in [-0.39, 0.29) is 5.75 Å². The quantitative estimate of drug-likeness (QED) is 0.665. The SMILES string of the molecule is CC(Oc1ccccc1F)C(=O)NOCC(F)(F)F. The Balaban J connectivity index is 2.43. The van der Waals surface area contributed by atoms with E-state index in [1.807, 2.05) is 0 Å². The van der Waals surface area contributed by atoms with Gasteiger partial charge in [0.2, 0.25) is 0 Å². The van der Waals surface area contributed by atoms with E-state index in [4.69, 9.17) is 4.74 Å². The van der Waals surface area contributed by atoms with E-state index in [9.17, 15) is 22.4 Å². The number of carbonyl (C=O) groups is 1.